The van der Waals surface area contributed by atoms with Gasteiger partial charge in [-0.1, -0.05) is 84.9 Å². The summed E-state index contributed by atoms with van der Waals surface area (Å²) < 4.78 is 0. The molecule has 0 N–H and O–H groups in total. The Morgan fingerprint density at radius 3 is 1.04 bits per heavy atom. The second-order valence-corrected chi connectivity index (χ2v) is 7.37. The lowest BCUT2D eigenvalue weighted by Crippen LogP contribution is -1.92. The molecule has 3 rings (SSSR count). The van der Waals surface area contributed by atoms with Crippen molar-refractivity contribution in [1.82, 2.24) is 0 Å². The molecule has 0 heterocycles. The molecule has 0 aromatic heterocycles. The van der Waals surface area contributed by atoms with Crippen molar-refractivity contribution in [2.75, 3.05) is 0 Å². The fourth-order valence-corrected chi connectivity index (χ4v) is 3.43. The van der Waals surface area contributed by atoms with E-state index in [1.807, 2.05) is 12.2 Å². The molecule has 0 heteroatoms. The minimum absolute atomic E-state index is 1.03. The summed E-state index contributed by atoms with van der Waals surface area (Å²) in [6.07, 6.45) is 10.3. The first-order valence-electron chi connectivity index (χ1n) is 10.3. The smallest absolute Gasteiger partial charge is 0.0184 e. The second kappa shape index (κ2) is 10.5. The van der Waals surface area contributed by atoms with Crippen molar-refractivity contribution in [3.8, 4) is 11.1 Å². The number of rotatable bonds is 10. The maximum atomic E-state index is 3.79. The van der Waals surface area contributed by atoms with E-state index in [4.69, 9.17) is 0 Å². The summed E-state index contributed by atoms with van der Waals surface area (Å²) in [5.41, 5.74) is 8.12. The van der Waals surface area contributed by atoms with Gasteiger partial charge in [-0.05, 0) is 71.9 Å². The van der Waals surface area contributed by atoms with E-state index in [0.29, 0.717) is 0 Å². The molecule has 0 radical (unpaired) electrons. The van der Waals surface area contributed by atoms with Gasteiger partial charge in [0.25, 0.3) is 0 Å². The Bertz CT molecular complexity index is 865. The Morgan fingerprint density at radius 2 is 0.714 bits per heavy atom. The first-order valence-corrected chi connectivity index (χ1v) is 10.3. The van der Waals surface area contributed by atoms with Crippen LogP contribution in [0.15, 0.2) is 98.1 Å². The number of benzene rings is 3. The molecule has 0 bridgehead atoms. The van der Waals surface area contributed by atoms with Crippen LogP contribution in [0, 0.1) is 0 Å². The molecule has 0 fully saturated rings. The third-order valence-electron chi connectivity index (χ3n) is 5.24. The maximum Gasteiger partial charge on any atom is -0.0184 e. The predicted molar refractivity (Wildman–Crippen MR) is 123 cm³/mol. The van der Waals surface area contributed by atoms with Crippen LogP contribution >= 0.6 is 0 Å². The summed E-state index contributed by atoms with van der Waals surface area (Å²) >= 11 is 0. The average Bonchev–Trinajstić information content (AvgIpc) is 2.76. The van der Waals surface area contributed by atoms with E-state index in [0.717, 1.165) is 38.5 Å². The Kier molecular flexibility index (Phi) is 7.44. The zero-order valence-electron chi connectivity index (χ0n) is 16.7. The molecule has 0 saturated heterocycles. The van der Waals surface area contributed by atoms with Crippen LogP contribution in [0.3, 0.4) is 0 Å². The summed E-state index contributed by atoms with van der Waals surface area (Å²) in [6.45, 7) is 7.59. The Balaban J connectivity index is 1.55. The highest BCUT2D eigenvalue weighted by Gasteiger charge is 2.01. The summed E-state index contributed by atoms with van der Waals surface area (Å²) in [4.78, 5) is 0. The van der Waals surface area contributed by atoms with Gasteiger partial charge in [-0.2, -0.15) is 0 Å². The minimum Gasteiger partial charge on any atom is -0.103 e. The topological polar surface area (TPSA) is 0 Å². The third kappa shape index (κ3) is 5.82. The van der Waals surface area contributed by atoms with Crippen LogP contribution in [0.25, 0.3) is 11.1 Å². The van der Waals surface area contributed by atoms with E-state index < -0.39 is 0 Å². The molecule has 0 nitrogen and oxygen atoms in total. The van der Waals surface area contributed by atoms with Gasteiger partial charge < -0.3 is 0 Å². The van der Waals surface area contributed by atoms with Gasteiger partial charge in [0.2, 0.25) is 0 Å². The molecule has 0 aliphatic carbocycles. The van der Waals surface area contributed by atoms with Gasteiger partial charge >= 0.3 is 0 Å². The minimum atomic E-state index is 1.03. The van der Waals surface area contributed by atoms with Crippen LogP contribution in [0.4, 0.5) is 0 Å². The van der Waals surface area contributed by atoms with Crippen molar-refractivity contribution in [2.45, 2.75) is 38.5 Å². The van der Waals surface area contributed by atoms with E-state index in [2.05, 4.69) is 86.0 Å². The lowest BCUT2D eigenvalue weighted by atomic mass is 9.98. The van der Waals surface area contributed by atoms with Crippen LogP contribution in [-0.2, 0) is 25.7 Å². The zero-order chi connectivity index (χ0) is 19.6. The average molecular weight is 367 g/mol. The molecule has 0 spiro atoms. The highest BCUT2D eigenvalue weighted by atomic mass is 14.1. The van der Waals surface area contributed by atoms with Crippen molar-refractivity contribution in [3.63, 3.8) is 0 Å². The van der Waals surface area contributed by atoms with Crippen LogP contribution in [0.5, 0.6) is 0 Å². The molecule has 3 aromatic carbocycles. The van der Waals surface area contributed by atoms with Crippen molar-refractivity contribution in [2.24, 2.45) is 0 Å². The molecule has 0 aliphatic rings. The number of hydrogen-bond donors (Lipinski definition) is 0. The Hall–Kier alpha value is -2.86. The Labute approximate surface area is 170 Å². The van der Waals surface area contributed by atoms with Gasteiger partial charge in [-0.25, -0.2) is 0 Å². The number of hydrogen-bond acceptors (Lipinski definition) is 0. The van der Waals surface area contributed by atoms with Gasteiger partial charge in [0.15, 0.2) is 0 Å². The summed E-state index contributed by atoms with van der Waals surface area (Å²) in [6, 6.07) is 26.9. The quantitative estimate of drug-likeness (QED) is 0.328. The summed E-state index contributed by atoms with van der Waals surface area (Å²) in [7, 11) is 0. The summed E-state index contributed by atoms with van der Waals surface area (Å²) in [5, 5.41) is 0. The fraction of sp³-hybridized carbons (Fsp3) is 0.214. The van der Waals surface area contributed by atoms with Crippen molar-refractivity contribution in [1.29, 1.82) is 0 Å². The molecule has 0 atom stereocenters. The first-order chi connectivity index (χ1) is 13.8. The monoisotopic (exact) mass is 366 g/mol. The SMILES string of the molecule is C=CCCc1ccc(CCc2ccc(-c3ccc(CCC=C)cc3)cc2)cc1. The molecular weight excluding hydrogens is 336 g/mol. The van der Waals surface area contributed by atoms with Crippen LogP contribution in [0.1, 0.15) is 35.1 Å². The van der Waals surface area contributed by atoms with Crippen molar-refractivity contribution >= 4 is 0 Å². The van der Waals surface area contributed by atoms with Gasteiger partial charge in [-0.3, -0.25) is 0 Å². The molecule has 3 aromatic rings. The highest BCUT2D eigenvalue weighted by Crippen LogP contribution is 2.21. The highest BCUT2D eigenvalue weighted by molar-refractivity contribution is 5.64. The zero-order valence-corrected chi connectivity index (χ0v) is 16.7. The standard InChI is InChI=1S/C28H30/c1-3-5-7-23-9-11-25(12-10-23)13-14-26-17-21-28(22-18-26)27-19-15-24(16-20-27)8-6-4-2/h3-4,9-12,15-22H,1-2,5-8,13-14H2. The third-order valence-corrected chi connectivity index (χ3v) is 5.24. The van der Waals surface area contributed by atoms with Gasteiger partial charge in [0.1, 0.15) is 0 Å². The number of allylic oxidation sites excluding steroid dienone is 2. The van der Waals surface area contributed by atoms with E-state index in [9.17, 15) is 0 Å². The van der Waals surface area contributed by atoms with Crippen LogP contribution in [-0.4, -0.2) is 0 Å². The van der Waals surface area contributed by atoms with Crippen molar-refractivity contribution in [3.05, 3.63) is 120 Å². The van der Waals surface area contributed by atoms with Gasteiger partial charge in [0.05, 0.1) is 0 Å². The van der Waals surface area contributed by atoms with Crippen molar-refractivity contribution < 1.29 is 0 Å². The Morgan fingerprint density at radius 1 is 0.429 bits per heavy atom. The first kappa shape index (κ1) is 19.9. The lowest BCUT2D eigenvalue weighted by Gasteiger charge is -2.07. The fourth-order valence-electron chi connectivity index (χ4n) is 3.43. The second-order valence-electron chi connectivity index (χ2n) is 7.37. The van der Waals surface area contributed by atoms with E-state index in [-0.39, 0.29) is 0 Å². The van der Waals surface area contributed by atoms with Crippen LogP contribution in [0.2, 0.25) is 0 Å². The molecular formula is C28H30. The largest absolute Gasteiger partial charge is 0.103 e. The van der Waals surface area contributed by atoms with E-state index in [1.165, 1.54) is 33.4 Å². The molecule has 0 amide bonds. The normalized spacial score (nSPS) is 10.6. The van der Waals surface area contributed by atoms with Crippen LogP contribution < -0.4 is 0 Å². The molecule has 28 heavy (non-hydrogen) atoms. The van der Waals surface area contributed by atoms with Gasteiger partial charge in [-0.15, -0.1) is 13.2 Å². The lowest BCUT2D eigenvalue weighted by molar-refractivity contribution is 0.951. The summed E-state index contributed by atoms with van der Waals surface area (Å²) in [5.74, 6) is 0. The molecule has 0 unspecified atom stereocenters. The number of aryl methyl sites for hydroxylation is 4. The maximum absolute atomic E-state index is 3.79. The predicted octanol–water partition coefficient (Wildman–Crippen LogP) is 7.38. The molecule has 0 aliphatic heterocycles. The van der Waals surface area contributed by atoms with Gasteiger partial charge in [0, 0.05) is 0 Å². The van der Waals surface area contributed by atoms with E-state index >= 15 is 0 Å². The van der Waals surface area contributed by atoms with E-state index in [1.54, 1.807) is 0 Å². The molecule has 0 saturated carbocycles. The molecule has 142 valence electrons.